The number of hydrogen-bond donors (Lipinski definition) is 1. The zero-order valence-electron chi connectivity index (χ0n) is 18.2. The first-order valence-electron chi connectivity index (χ1n) is 9.72. The van der Waals surface area contributed by atoms with Crippen molar-refractivity contribution in [3.05, 3.63) is 67.5 Å². The predicted octanol–water partition coefficient (Wildman–Crippen LogP) is 2.99. The fraction of sp³-hybridized carbons (Fsp3) is 0.190. The van der Waals surface area contributed by atoms with Gasteiger partial charge >= 0.3 is 0 Å². The summed E-state index contributed by atoms with van der Waals surface area (Å²) in [6.07, 6.45) is 5.92. The van der Waals surface area contributed by atoms with Crippen molar-refractivity contribution in [2.45, 2.75) is 27.7 Å². The Bertz CT molecular complexity index is 1610. The van der Waals surface area contributed by atoms with E-state index in [4.69, 9.17) is 0 Å². The van der Waals surface area contributed by atoms with Crippen molar-refractivity contribution >= 4 is 38.8 Å². The molecule has 10 nitrogen and oxygen atoms in total. The topological polar surface area (TPSA) is 135 Å². The average molecular weight is 482 g/mol. The molecule has 0 spiro atoms. The Hall–Kier alpha value is -3.82. The van der Waals surface area contributed by atoms with Crippen LogP contribution in [0.1, 0.15) is 27.3 Å². The van der Waals surface area contributed by atoms with Gasteiger partial charge in [0.15, 0.2) is 10.7 Å². The summed E-state index contributed by atoms with van der Waals surface area (Å²) in [5, 5.41) is 19.4. The van der Waals surface area contributed by atoms with Crippen molar-refractivity contribution in [3.8, 4) is 16.8 Å². The summed E-state index contributed by atoms with van der Waals surface area (Å²) < 4.78 is 29.7. The summed E-state index contributed by atoms with van der Waals surface area (Å²) in [7, 11) is -3.89. The van der Waals surface area contributed by atoms with E-state index in [0.29, 0.717) is 10.0 Å². The van der Waals surface area contributed by atoms with E-state index in [2.05, 4.69) is 19.9 Å². The number of aromatic nitrogens is 5. The van der Waals surface area contributed by atoms with Crippen LogP contribution in [0.2, 0.25) is 0 Å². The highest BCUT2D eigenvalue weighted by Gasteiger charge is 2.21. The fourth-order valence-electron chi connectivity index (χ4n) is 3.59. The number of sulfonamides is 1. The lowest BCUT2D eigenvalue weighted by atomic mass is 10.0. The summed E-state index contributed by atoms with van der Waals surface area (Å²) >= 11 is 1.20. The van der Waals surface area contributed by atoms with Gasteiger partial charge in [0.25, 0.3) is 15.6 Å². The molecule has 1 N–H and O–H groups in total. The summed E-state index contributed by atoms with van der Waals surface area (Å²) in [5.74, 6) is 0. The zero-order valence-corrected chi connectivity index (χ0v) is 19.8. The van der Waals surface area contributed by atoms with E-state index >= 15 is 0 Å². The molecule has 4 rings (SSSR count). The van der Waals surface area contributed by atoms with Crippen LogP contribution in [0.4, 0.5) is 5.69 Å². The molecule has 0 saturated carbocycles. The average Bonchev–Trinajstić information content (AvgIpc) is 3.26. The van der Waals surface area contributed by atoms with Crippen molar-refractivity contribution in [1.82, 2.24) is 24.4 Å². The largest absolute Gasteiger partial charge is 0.293 e. The molecule has 0 bridgehead atoms. The van der Waals surface area contributed by atoms with E-state index in [9.17, 15) is 18.5 Å². The predicted molar refractivity (Wildman–Crippen MR) is 126 cm³/mol. The molecule has 0 unspecified atom stereocenters. The summed E-state index contributed by atoms with van der Waals surface area (Å²) in [5.41, 5.74) is 3.61. The molecule has 168 valence electrons. The normalized spacial score (nSPS) is 11.8. The van der Waals surface area contributed by atoms with Gasteiger partial charge in [0, 0.05) is 0 Å². The van der Waals surface area contributed by atoms with Crippen LogP contribution in [-0.2, 0) is 10.0 Å². The van der Waals surface area contributed by atoms with E-state index in [1.807, 2.05) is 32.9 Å². The van der Waals surface area contributed by atoms with Gasteiger partial charge in [0.1, 0.15) is 10.6 Å². The van der Waals surface area contributed by atoms with Crippen LogP contribution in [0.15, 0.2) is 34.7 Å². The number of aryl methyl sites for hydroxylation is 4. The van der Waals surface area contributed by atoms with Crippen LogP contribution < -0.4 is 10.3 Å². The Morgan fingerprint density at radius 2 is 1.85 bits per heavy atom. The highest BCUT2D eigenvalue weighted by Crippen LogP contribution is 2.25. The molecule has 0 fully saturated rings. The molecule has 0 atom stereocenters. The third kappa shape index (κ3) is 4.28. The molecular weight excluding hydrogens is 462 g/mol. The van der Waals surface area contributed by atoms with Gasteiger partial charge in [-0.15, -0.1) is 14.9 Å². The fourth-order valence-corrected chi connectivity index (χ4v) is 5.13. The van der Waals surface area contributed by atoms with Gasteiger partial charge in [0.05, 0.1) is 23.5 Å². The van der Waals surface area contributed by atoms with Gasteiger partial charge in [-0.2, -0.15) is 5.26 Å². The Morgan fingerprint density at radius 1 is 1.15 bits per heavy atom. The minimum absolute atomic E-state index is 0.0866. The molecule has 0 amide bonds. The number of nitrogens with zero attached hydrogens (tertiary/aromatic N) is 6. The third-order valence-electron chi connectivity index (χ3n) is 4.90. The van der Waals surface area contributed by atoms with Gasteiger partial charge in [-0.05, 0) is 50.5 Å². The maximum atomic E-state index is 12.7. The van der Waals surface area contributed by atoms with Gasteiger partial charge < -0.3 is 0 Å². The van der Waals surface area contributed by atoms with E-state index < -0.39 is 15.6 Å². The Balaban J connectivity index is 1.71. The number of benzene rings is 1. The first-order valence-corrected chi connectivity index (χ1v) is 12.1. The quantitative estimate of drug-likeness (QED) is 0.463. The van der Waals surface area contributed by atoms with Gasteiger partial charge in [-0.25, -0.2) is 17.9 Å². The molecule has 1 aromatic carbocycles. The highest BCUT2D eigenvalue weighted by molar-refractivity contribution is 7.95. The van der Waals surface area contributed by atoms with Crippen LogP contribution in [0.3, 0.4) is 0 Å². The monoisotopic (exact) mass is 481 g/mol. The number of nitrogens with one attached hydrogen (secondary N) is 1. The number of hydrogen-bond acceptors (Lipinski definition) is 8. The summed E-state index contributed by atoms with van der Waals surface area (Å²) in [4.78, 5) is 17.0. The van der Waals surface area contributed by atoms with Crippen LogP contribution in [-0.4, -0.2) is 32.8 Å². The minimum atomic E-state index is -3.89. The first-order chi connectivity index (χ1) is 15.6. The second-order valence-corrected chi connectivity index (χ2v) is 10.2. The molecule has 3 heterocycles. The summed E-state index contributed by atoms with van der Waals surface area (Å²) in [6, 6.07) is 3.96. The SMILES string of the molecule is Cc1cc(C)c(/C=C/S(=O)(=O)Nc2cnc3c(-c4nnc(C)s4)c(=O)n(C#N)n3c2)c(C)c1. The standard InChI is InChI=1S/C21H19N7O3S2/c1-12-7-13(2)17(14(3)8-12)5-6-33(30,31)26-16-9-23-19-18(20-25-24-15(4)32-20)21(29)28(11-22)27(19)10-16/h5-10,26H,1-4H3/b6-5+. The number of nitriles is 1. The molecule has 0 aliphatic carbocycles. The number of anilines is 1. The second-order valence-electron chi connectivity index (χ2n) is 7.49. The lowest BCUT2D eigenvalue weighted by Crippen LogP contribution is -2.16. The second kappa shape index (κ2) is 8.27. The van der Waals surface area contributed by atoms with Crippen molar-refractivity contribution < 1.29 is 8.42 Å². The maximum Gasteiger partial charge on any atom is 0.293 e. The van der Waals surface area contributed by atoms with E-state index in [1.54, 1.807) is 13.1 Å². The molecule has 3 aromatic heterocycles. The molecule has 33 heavy (non-hydrogen) atoms. The van der Waals surface area contributed by atoms with Crippen molar-refractivity contribution in [1.29, 1.82) is 5.26 Å². The van der Waals surface area contributed by atoms with Crippen LogP contribution in [0.25, 0.3) is 22.3 Å². The molecule has 12 heteroatoms. The molecular formula is C21H19N7O3S2. The van der Waals surface area contributed by atoms with Gasteiger partial charge in [0.2, 0.25) is 6.19 Å². The molecule has 0 radical (unpaired) electrons. The Kier molecular flexibility index (Phi) is 5.61. The van der Waals surface area contributed by atoms with Crippen molar-refractivity contribution in [2.24, 2.45) is 0 Å². The summed E-state index contributed by atoms with van der Waals surface area (Å²) in [6.45, 7) is 7.56. The smallest absolute Gasteiger partial charge is 0.277 e. The molecule has 0 aliphatic rings. The van der Waals surface area contributed by atoms with E-state index in [0.717, 1.165) is 32.3 Å². The Morgan fingerprint density at radius 3 is 2.45 bits per heavy atom. The Labute approximate surface area is 193 Å². The highest BCUT2D eigenvalue weighted by atomic mass is 32.2. The molecule has 0 aliphatic heterocycles. The lowest BCUT2D eigenvalue weighted by Gasteiger charge is -2.08. The molecule has 4 aromatic rings. The maximum absolute atomic E-state index is 12.7. The van der Waals surface area contributed by atoms with Gasteiger partial charge in [-0.1, -0.05) is 29.0 Å². The first kappa shape index (κ1) is 22.4. The molecule has 0 saturated heterocycles. The lowest BCUT2D eigenvalue weighted by molar-refractivity contribution is 0.609. The van der Waals surface area contributed by atoms with Crippen LogP contribution >= 0.6 is 11.3 Å². The van der Waals surface area contributed by atoms with E-state index in [1.165, 1.54) is 34.3 Å². The van der Waals surface area contributed by atoms with Crippen LogP contribution in [0, 0.1) is 39.1 Å². The van der Waals surface area contributed by atoms with Crippen molar-refractivity contribution in [3.63, 3.8) is 0 Å². The zero-order chi connectivity index (χ0) is 23.9. The minimum Gasteiger partial charge on any atom is -0.277 e. The number of fused-ring (bicyclic) bond motifs is 1. The third-order valence-corrected chi connectivity index (χ3v) is 6.77. The van der Waals surface area contributed by atoms with Gasteiger partial charge in [-0.3, -0.25) is 9.52 Å². The number of rotatable bonds is 5. The van der Waals surface area contributed by atoms with Crippen LogP contribution in [0.5, 0.6) is 0 Å². The van der Waals surface area contributed by atoms with Crippen molar-refractivity contribution in [2.75, 3.05) is 4.72 Å². The van der Waals surface area contributed by atoms with E-state index in [-0.39, 0.29) is 16.9 Å².